The third-order valence-corrected chi connectivity index (χ3v) is 10.1. The summed E-state index contributed by atoms with van der Waals surface area (Å²) < 4.78 is 8.63. The molecule has 0 atom stereocenters. The molecule has 4 heteroatoms. The summed E-state index contributed by atoms with van der Waals surface area (Å²) in [6.45, 7) is 0. The fourth-order valence-electron chi connectivity index (χ4n) is 6.45. The molecule has 0 bridgehead atoms. The van der Waals surface area contributed by atoms with E-state index in [1.54, 1.807) is 0 Å². The zero-order valence-corrected chi connectivity index (χ0v) is 26.7. The number of aromatic nitrogens is 2. The van der Waals surface area contributed by atoms with Gasteiger partial charge in [0.25, 0.3) is 0 Å². The average molecular weight is 633 g/mol. The van der Waals surface area contributed by atoms with E-state index in [1.807, 2.05) is 41.7 Å². The summed E-state index contributed by atoms with van der Waals surface area (Å²) in [6, 6.07) is 59.9. The van der Waals surface area contributed by atoms with Gasteiger partial charge in [0.15, 0.2) is 0 Å². The van der Waals surface area contributed by atoms with Gasteiger partial charge in [-0.05, 0) is 81.9 Å². The first-order valence-corrected chi connectivity index (χ1v) is 16.8. The molecule has 2 aromatic heterocycles. The van der Waals surface area contributed by atoms with Crippen LogP contribution in [0.4, 0.5) is 0 Å². The fraction of sp³-hybridized carbons (Fsp3) is 0. The predicted octanol–water partition coefficient (Wildman–Crippen LogP) is 12.4. The molecule has 0 amide bonds. The molecule has 48 heavy (non-hydrogen) atoms. The Morgan fingerprint density at radius 2 is 0.688 bits per heavy atom. The van der Waals surface area contributed by atoms with E-state index in [2.05, 4.69) is 150 Å². The number of hydrogen-bond donors (Lipinski definition) is 0. The Labute approximate surface area is 282 Å². The van der Waals surface area contributed by atoms with Gasteiger partial charge in [-0.15, -0.1) is 21.5 Å². The number of rotatable bonds is 6. The Balaban J connectivity index is 1.24. The van der Waals surface area contributed by atoms with Crippen molar-refractivity contribution >= 4 is 31.5 Å². The number of fused-ring (bicyclic) bond motifs is 3. The molecule has 0 saturated heterocycles. The molecule has 0 radical (unpaired) electrons. The van der Waals surface area contributed by atoms with Crippen LogP contribution in [0.15, 0.2) is 174 Å². The second kappa shape index (κ2) is 11.9. The zero-order chi connectivity index (χ0) is 31.9. The maximum absolute atomic E-state index is 6.07. The molecule has 2 heterocycles. The lowest BCUT2D eigenvalue weighted by Crippen LogP contribution is -1.85. The van der Waals surface area contributed by atoms with Gasteiger partial charge in [-0.3, -0.25) is 0 Å². The van der Waals surface area contributed by atoms with Crippen LogP contribution in [0.2, 0.25) is 0 Å². The molecule has 0 saturated carbocycles. The second-order valence-corrected chi connectivity index (χ2v) is 12.9. The Morgan fingerprint density at radius 3 is 1.15 bits per heavy atom. The molecule has 0 fully saturated rings. The van der Waals surface area contributed by atoms with Gasteiger partial charge in [-0.2, -0.15) is 0 Å². The molecule has 0 aliphatic carbocycles. The van der Waals surface area contributed by atoms with Gasteiger partial charge in [-0.25, -0.2) is 0 Å². The lowest BCUT2D eigenvalue weighted by Gasteiger charge is -2.10. The lowest BCUT2D eigenvalue weighted by molar-refractivity contribution is 0.584. The molecular weight excluding hydrogens is 605 g/mol. The summed E-state index contributed by atoms with van der Waals surface area (Å²) in [4.78, 5) is 0. The van der Waals surface area contributed by atoms with E-state index in [-0.39, 0.29) is 0 Å². The van der Waals surface area contributed by atoms with E-state index in [0.29, 0.717) is 11.8 Å². The third-order valence-electron chi connectivity index (χ3n) is 8.86. The summed E-state index contributed by atoms with van der Waals surface area (Å²) in [5, 5.41) is 11.2. The molecule has 9 rings (SSSR count). The fourth-order valence-corrected chi connectivity index (χ4v) is 7.79. The van der Waals surface area contributed by atoms with Crippen LogP contribution < -0.4 is 0 Å². The first-order valence-electron chi connectivity index (χ1n) is 16.0. The van der Waals surface area contributed by atoms with Crippen LogP contribution in [-0.2, 0) is 0 Å². The first kappa shape index (κ1) is 28.1. The highest BCUT2D eigenvalue weighted by molar-refractivity contribution is 7.27. The minimum Gasteiger partial charge on any atom is -0.416 e. The largest absolute Gasteiger partial charge is 0.416 e. The average Bonchev–Trinajstić information content (AvgIpc) is 3.82. The SMILES string of the molecule is c1ccc(-c2cc(-c3ccccc3)c3sc4c(-c5ccc(-c6nnc(-c7ccccc7)o6)cc5)cc(-c5ccccc5)cc4c3c2)cc1. The Kier molecular flexibility index (Phi) is 6.99. The van der Waals surface area contributed by atoms with Crippen LogP contribution >= 0.6 is 11.3 Å². The molecule has 0 spiro atoms. The number of benzene rings is 7. The monoisotopic (exact) mass is 632 g/mol. The molecule has 0 aliphatic heterocycles. The highest BCUT2D eigenvalue weighted by Gasteiger charge is 2.18. The van der Waals surface area contributed by atoms with Gasteiger partial charge in [0, 0.05) is 42.4 Å². The van der Waals surface area contributed by atoms with Crippen molar-refractivity contribution in [2.75, 3.05) is 0 Å². The summed E-state index contributed by atoms with van der Waals surface area (Å²) >= 11 is 1.87. The first-order chi connectivity index (χ1) is 23.8. The van der Waals surface area contributed by atoms with Crippen molar-refractivity contribution < 1.29 is 4.42 Å². The topological polar surface area (TPSA) is 38.9 Å². The molecule has 226 valence electrons. The number of thiophene rings is 1. The Bertz CT molecular complexity index is 2520. The van der Waals surface area contributed by atoms with Crippen LogP contribution in [0.1, 0.15) is 0 Å². The molecule has 0 unspecified atom stereocenters. The van der Waals surface area contributed by atoms with E-state index in [0.717, 1.165) is 16.7 Å². The number of nitrogens with zero attached hydrogens (tertiary/aromatic N) is 2. The maximum Gasteiger partial charge on any atom is 0.248 e. The van der Waals surface area contributed by atoms with Crippen molar-refractivity contribution in [2.45, 2.75) is 0 Å². The summed E-state index contributed by atoms with van der Waals surface area (Å²) in [5.41, 5.74) is 11.4. The van der Waals surface area contributed by atoms with Gasteiger partial charge in [0.05, 0.1) is 0 Å². The maximum atomic E-state index is 6.07. The van der Waals surface area contributed by atoms with Crippen LogP contribution in [0.25, 0.3) is 87.6 Å². The molecule has 3 nitrogen and oxygen atoms in total. The van der Waals surface area contributed by atoms with Crippen molar-refractivity contribution in [2.24, 2.45) is 0 Å². The van der Waals surface area contributed by atoms with Gasteiger partial charge < -0.3 is 4.42 Å². The predicted molar refractivity (Wildman–Crippen MR) is 200 cm³/mol. The van der Waals surface area contributed by atoms with Crippen LogP contribution in [-0.4, -0.2) is 10.2 Å². The molecule has 0 N–H and O–H groups in total. The summed E-state index contributed by atoms with van der Waals surface area (Å²) in [6.07, 6.45) is 0. The van der Waals surface area contributed by atoms with Crippen molar-refractivity contribution in [3.8, 4) is 67.4 Å². The normalized spacial score (nSPS) is 11.3. The quantitative estimate of drug-likeness (QED) is 0.183. The summed E-state index contributed by atoms with van der Waals surface area (Å²) in [7, 11) is 0. The zero-order valence-electron chi connectivity index (χ0n) is 25.9. The van der Waals surface area contributed by atoms with Crippen molar-refractivity contribution in [3.63, 3.8) is 0 Å². The molecule has 7 aromatic carbocycles. The van der Waals surface area contributed by atoms with Crippen LogP contribution in [0, 0.1) is 0 Å². The van der Waals surface area contributed by atoms with Gasteiger partial charge >= 0.3 is 0 Å². The standard InChI is InChI=1S/C44H28N2OS/c1-5-13-29(14-6-1)35-25-37(31-17-9-3-10-18-31)41-39(27-35)40-28-36(30-15-7-2-8-16-30)26-38(42(40)48-41)32-21-23-34(24-22-32)44-46-45-43(47-44)33-19-11-4-12-20-33/h1-28H. The molecule has 0 aliphatic rings. The van der Waals surface area contributed by atoms with Crippen molar-refractivity contribution in [3.05, 3.63) is 170 Å². The van der Waals surface area contributed by atoms with E-state index < -0.39 is 0 Å². The van der Waals surface area contributed by atoms with Crippen molar-refractivity contribution in [1.82, 2.24) is 10.2 Å². The smallest absolute Gasteiger partial charge is 0.248 e. The van der Waals surface area contributed by atoms with E-state index >= 15 is 0 Å². The highest BCUT2D eigenvalue weighted by atomic mass is 32.1. The number of hydrogen-bond acceptors (Lipinski definition) is 4. The van der Waals surface area contributed by atoms with Gasteiger partial charge in [0.1, 0.15) is 0 Å². The summed E-state index contributed by atoms with van der Waals surface area (Å²) in [5.74, 6) is 1.02. The molecular formula is C44H28N2OS. The lowest BCUT2D eigenvalue weighted by atomic mass is 9.93. The minimum atomic E-state index is 0.506. The Morgan fingerprint density at radius 1 is 0.333 bits per heavy atom. The van der Waals surface area contributed by atoms with Gasteiger partial charge in [0.2, 0.25) is 11.8 Å². The van der Waals surface area contributed by atoms with Crippen LogP contribution in [0.5, 0.6) is 0 Å². The second-order valence-electron chi connectivity index (χ2n) is 11.9. The van der Waals surface area contributed by atoms with Crippen LogP contribution in [0.3, 0.4) is 0 Å². The van der Waals surface area contributed by atoms with E-state index in [1.165, 1.54) is 59.1 Å². The third kappa shape index (κ3) is 5.09. The van der Waals surface area contributed by atoms with Crippen molar-refractivity contribution in [1.29, 1.82) is 0 Å². The van der Waals surface area contributed by atoms with Gasteiger partial charge in [-0.1, -0.05) is 121 Å². The molecule has 9 aromatic rings. The highest BCUT2D eigenvalue weighted by Crippen LogP contribution is 2.47. The van der Waals surface area contributed by atoms with E-state index in [4.69, 9.17) is 4.42 Å². The minimum absolute atomic E-state index is 0.506. The Hall–Kier alpha value is -6.10. The van der Waals surface area contributed by atoms with E-state index in [9.17, 15) is 0 Å².